The summed E-state index contributed by atoms with van der Waals surface area (Å²) in [6, 6.07) is 6.33. The molecule has 1 aliphatic heterocycles. The number of anilines is 1. The average molecular weight is 234 g/mol. The first kappa shape index (κ1) is 10.5. The zero-order valence-corrected chi connectivity index (χ0v) is 10.5. The number of benzene rings is 1. The zero-order chi connectivity index (χ0) is 11.2. The molecule has 1 aromatic rings. The third kappa shape index (κ3) is 1.82. The van der Waals surface area contributed by atoms with Gasteiger partial charge in [-0.1, -0.05) is 6.07 Å². The molecule has 3 heteroatoms. The Morgan fingerprint density at radius 2 is 2.06 bits per heavy atom. The fourth-order valence-electron chi connectivity index (χ4n) is 2.57. The summed E-state index contributed by atoms with van der Waals surface area (Å²) in [6.07, 6.45) is 5.03. The van der Waals surface area contributed by atoms with Crippen molar-refractivity contribution in [3.8, 4) is 0 Å². The fourth-order valence-corrected chi connectivity index (χ4v) is 3.39. The second kappa shape index (κ2) is 3.67. The number of thioether (sulfide) groups is 1. The van der Waals surface area contributed by atoms with Crippen molar-refractivity contribution in [1.82, 2.24) is 4.90 Å². The minimum absolute atomic E-state index is 0.577. The van der Waals surface area contributed by atoms with Crippen molar-refractivity contribution >= 4 is 17.4 Å². The van der Waals surface area contributed by atoms with Crippen LogP contribution in [0.3, 0.4) is 0 Å². The van der Waals surface area contributed by atoms with Crippen LogP contribution in [0.1, 0.15) is 24.0 Å². The number of nitrogens with zero attached hydrogens (tertiary/aromatic N) is 1. The Morgan fingerprint density at radius 3 is 2.75 bits per heavy atom. The predicted molar refractivity (Wildman–Crippen MR) is 70.4 cm³/mol. The van der Waals surface area contributed by atoms with E-state index in [4.69, 9.17) is 5.73 Å². The number of nitrogen functional groups attached to an aromatic ring is 1. The second-order valence-corrected chi connectivity index (χ2v) is 6.33. The lowest BCUT2D eigenvalue weighted by Crippen LogP contribution is -2.27. The van der Waals surface area contributed by atoms with Gasteiger partial charge in [-0.3, -0.25) is 4.90 Å². The van der Waals surface area contributed by atoms with Gasteiger partial charge in [0.15, 0.2) is 0 Å². The van der Waals surface area contributed by atoms with E-state index in [1.165, 1.54) is 30.5 Å². The van der Waals surface area contributed by atoms with Crippen molar-refractivity contribution in [1.29, 1.82) is 0 Å². The van der Waals surface area contributed by atoms with Crippen LogP contribution in [0.4, 0.5) is 5.69 Å². The third-order valence-electron chi connectivity index (χ3n) is 3.77. The largest absolute Gasteiger partial charge is 0.399 e. The molecular formula is C13H18N2S. The van der Waals surface area contributed by atoms with Crippen molar-refractivity contribution in [2.24, 2.45) is 0 Å². The monoisotopic (exact) mass is 234 g/mol. The zero-order valence-electron chi connectivity index (χ0n) is 9.70. The molecule has 0 bridgehead atoms. The van der Waals surface area contributed by atoms with Crippen LogP contribution in [0.5, 0.6) is 0 Å². The minimum Gasteiger partial charge on any atom is -0.399 e. The summed E-state index contributed by atoms with van der Waals surface area (Å²) in [7, 11) is 0. The second-order valence-electron chi connectivity index (χ2n) is 5.06. The van der Waals surface area contributed by atoms with Crippen molar-refractivity contribution in [3.63, 3.8) is 0 Å². The topological polar surface area (TPSA) is 29.3 Å². The maximum Gasteiger partial charge on any atom is 0.0317 e. The van der Waals surface area contributed by atoms with Gasteiger partial charge < -0.3 is 5.73 Å². The van der Waals surface area contributed by atoms with Crippen LogP contribution >= 0.6 is 11.8 Å². The highest BCUT2D eigenvalue weighted by atomic mass is 32.2. The summed E-state index contributed by atoms with van der Waals surface area (Å²) in [5.41, 5.74) is 9.61. The average Bonchev–Trinajstić information content (AvgIpc) is 2.92. The first-order valence-corrected chi connectivity index (χ1v) is 7.08. The van der Waals surface area contributed by atoms with Gasteiger partial charge in [0.1, 0.15) is 0 Å². The van der Waals surface area contributed by atoms with Crippen LogP contribution in [0.15, 0.2) is 18.2 Å². The minimum atomic E-state index is 0.577. The standard InChI is InChI=1S/C13H18N2S/c1-16-13(4-5-13)9-15-7-10-2-3-12(14)6-11(10)8-15/h2-3,6H,4-5,7-9,14H2,1H3. The number of rotatable bonds is 3. The Bertz CT molecular complexity index is 412. The Labute approximate surface area is 101 Å². The summed E-state index contributed by atoms with van der Waals surface area (Å²) in [4.78, 5) is 2.56. The van der Waals surface area contributed by atoms with Gasteiger partial charge in [0.2, 0.25) is 0 Å². The molecule has 86 valence electrons. The van der Waals surface area contributed by atoms with Crippen molar-refractivity contribution in [3.05, 3.63) is 29.3 Å². The Hall–Kier alpha value is -0.670. The van der Waals surface area contributed by atoms with Crippen LogP contribution in [0.2, 0.25) is 0 Å². The van der Waals surface area contributed by atoms with E-state index in [1.54, 1.807) is 0 Å². The summed E-state index contributed by atoms with van der Waals surface area (Å²) in [6.45, 7) is 3.43. The first-order valence-electron chi connectivity index (χ1n) is 5.86. The van der Waals surface area contributed by atoms with Gasteiger partial charge in [0.25, 0.3) is 0 Å². The van der Waals surface area contributed by atoms with Crippen LogP contribution in [0, 0.1) is 0 Å². The Balaban J connectivity index is 1.71. The van der Waals surface area contributed by atoms with E-state index in [1.807, 2.05) is 17.8 Å². The van der Waals surface area contributed by atoms with Crippen LogP contribution in [-0.4, -0.2) is 22.4 Å². The number of fused-ring (bicyclic) bond motifs is 1. The highest BCUT2D eigenvalue weighted by Gasteiger charge is 2.43. The van der Waals surface area contributed by atoms with E-state index in [0.717, 1.165) is 18.8 Å². The molecule has 1 aliphatic carbocycles. The number of hydrogen-bond acceptors (Lipinski definition) is 3. The lowest BCUT2D eigenvalue weighted by atomic mass is 10.1. The molecular weight excluding hydrogens is 216 g/mol. The highest BCUT2D eigenvalue weighted by Crippen LogP contribution is 2.48. The molecule has 1 aromatic carbocycles. The molecule has 0 amide bonds. The van der Waals surface area contributed by atoms with Gasteiger partial charge >= 0.3 is 0 Å². The molecule has 1 saturated carbocycles. The summed E-state index contributed by atoms with van der Waals surface area (Å²) < 4.78 is 0.577. The molecule has 0 aromatic heterocycles. The van der Waals surface area contributed by atoms with Gasteiger partial charge in [0, 0.05) is 30.1 Å². The van der Waals surface area contributed by atoms with Crippen molar-refractivity contribution in [2.45, 2.75) is 30.7 Å². The summed E-state index contributed by atoms with van der Waals surface area (Å²) in [5, 5.41) is 0. The van der Waals surface area contributed by atoms with Gasteiger partial charge in [-0.05, 0) is 42.4 Å². The van der Waals surface area contributed by atoms with Gasteiger partial charge in [-0.25, -0.2) is 0 Å². The van der Waals surface area contributed by atoms with E-state index in [2.05, 4.69) is 23.3 Å². The molecule has 16 heavy (non-hydrogen) atoms. The molecule has 0 spiro atoms. The van der Waals surface area contributed by atoms with Crippen LogP contribution in [0.25, 0.3) is 0 Å². The summed E-state index contributed by atoms with van der Waals surface area (Å²) in [5.74, 6) is 0. The number of hydrogen-bond donors (Lipinski definition) is 1. The van der Waals surface area contributed by atoms with E-state index >= 15 is 0 Å². The molecule has 1 heterocycles. The van der Waals surface area contributed by atoms with Crippen LogP contribution in [-0.2, 0) is 13.1 Å². The van der Waals surface area contributed by atoms with E-state index in [9.17, 15) is 0 Å². The van der Waals surface area contributed by atoms with Crippen molar-refractivity contribution < 1.29 is 0 Å². The Kier molecular flexibility index (Phi) is 2.41. The SMILES string of the molecule is CSC1(CN2Cc3ccc(N)cc3C2)CC1. The lowest BCUT2D eigenvalue weighted by Gasteiger charge is -2.21. The molecule has 0 saturated heterocycles. The molecule has 2 nitrogen and oxygen atoms in total. The number of nitrogens with two attached hydrogens (primary N) is 1. The fraction of sp³-hybridized carbons (Fsp3) is 0.538. The van der Waals surface area contributed by atoms with Gasteiger partial charge in [-0.2, -0.15) is 11.8 Å². The summed E-state index contributed by atoms with van der Waals surface area (Å²) >= 11 is 2.04. The van der Waals surface area contributed by atoms with Crippen molar-refractivity contribution in [2.75, 3.05) is 18.5 Å². The van der Waals surface area contributed by atoms with Crippen LogP contribution < -0.4 is 5.73 Å². The molecule has 2 N–H and O–H groups in total. The quantitative estimate of drug-likeness (QED) is 0.815. The van der Waals surface area contributed by atoms with E-state index in [0.29, 0.717) is 4.75 Å². The highest BCUT2D eigenvalue weighted by molar-refractivity contribution is 8.00. The normalized spacial score (nSPS) is 22.1. The molecule has 2 aliphatic rings. The lowest BCUT2D eigenvalue weighted by molar-refractivity contribution is 0.281. The van der Waals surface area contributed by atoms with Gasteiger partial charge in [0.05, 0.1) is 0 Å². The molecule has 0 radical (unpaired) electrons. The van der Waals surface area contributed by atoms with E-state index in [-0.39, 0.29) is 0 Å². The first-order chi connectivity index (χ1) is 7.71. The maximum atomic E-state index is 5.82. The maximum absolute atomic E-state index is 5.82. The van der Waals surface area contributed by atoms with E-state index < -0.39 is 0 Å². The Morgan fingerprint density at radius 1 is 1.31 bits per heavy atom. The third-order valence-corrected chi connectivity index (χ3v) is 5.17. The van der Waals surface area contributed by atoms with Gasteiger partial charge in [-0.15, -0.1) is 0 Å². The molecule has 3 rings (SSSR count). The smallest absolute Gasteiger partial charge is 0.0317 e. The molecule has 0 unspecified atom stereocenters. The molecule has 1 fully saturated rings. The molecule has 0 atom stereocenters. The predicted octanol–water partition coefficient (Wildman–Crippen LogP) is 2.48.